The Morgan fingerprint density at radius 2 is 1.73 bits per heavy atom. The number of fused-ring (bicyclic) bond motifs is 1. The van der Waals surface area contributed by atoms with Crippen molar-refractivity contribution in [3.05, 3.63) is 65.0 Å². The van der Waals surface area contributed by atoms with Crippen LogP contribution in [0.25, 0.3) is 11.4 Å². The summed E-state index contributed by atoms with van der Waals surface area (Å²) in [5.41, 5.74) is 4.65. The van der Waals surface area contributed by atoms with Gasteiger partial charge in [0.2, 0.25) is 0 Å². The molecule has 0 aliphatic carbocycles. The van der Waals surface area contributed by atoms with E-state index < -0.39 is 0 Å². The average Bonchev–Trinajstić information content (AvgIpc) is 3.06. The van der Waals surface area contributed by atoms with Gasteiger partial charge in [0, 0.05) is 29.8 Å². The maximum Gasteiger partial charge on any atom is 0.255 e. The van der Waals surface area contributed by atoms with Crippen LogP contribution in [-0.4, -0.2) is 20.7 Å². The molecule has 3 aromatic rings. The van der Waals surface area contributed by atoms with Crippen molar-refractivity contribution in [2.24, 2.45) is 0 Å². The van der Waals surface area contributed by atoms with Gasteiger partial charge in [0.1, 0.15) is 5.82 Å². The van der Waals surface area contributed by atoms with Crippen molar-refractivity contribution in [3.8, 4) is 11.4 Å². The number of aryl methyl sites for hydroxylation is 3. The molecule has 0 atom stereocenters. The van der Waals surface area contributed by atoms with Crippen LogP contribution in [-0.2, 0) is 13.0 Å². The highest BCUT2D eigenvalue weighted by Crippen LogP contribution is 2.24. The van der Waals surface area contributed by atoms with Crippen LogP contribution >= 0.6 is 0 Å². The third-order valence-electron chi connectivity index (χ3n) is 4.74. The molecule has 0 radical (unpaired) electrons. The quantitative estimate of drug-likeness (QED) is 0.775. The first-order valence-corrected chi connectivity index (χ1v) is 9.02. The van der Waals surface area contributed by atoms with Crippen LogP contribution in [0.4, 0.5) is 5.69 Å². The number of benzene rings is 2. The second kappa shape index (κ2) is 6.75. The molecule has 26 heavy (non-hydrogen) atoms. The van der Waals surface area contributed by atoms with E-state index in [1.807, 2.05) is 50.2 Å². The largest absolute Gasteiger partial charge is 0.322 e. The molecule has 0 fully saturated rings. The monoisotopic (exact) mass is 346 g/mol. The number of hydrogen-bond acceptors (Lipinski definition) is 3. The molecule has 2 aromatic carbocycles. The van der Waals surface area contributed by atoms with E-state index in [1.165, 1.54) is 12.8 Å². The molecule has 0 unspecified atom stereocenters. The summed E-state index contributed by atoms with van der Waals surface area (Å²) < 4.78 is 2.20. The lowest BCUT2D eigenvalue weighted by Gasteiger charge is -2.14. The highest BCUT2D eigenvalue weighted by molar-refractivity contribution is 6.04. The Balaban J connectivity index is 1.53. The van der Waals surface area contributed by atoms with Gasteiger partial charge in [0.15, 0.2) is 5.82 Å². The van der Waals surface area contributed by atoms with Gasteiger partial charge in [-0.15, -0.1) is 10.2 Å². The minimum atomic E-state index is -0.0931. The molecule has 1 N–H and O–H groups in total. The van der Waals surface area contributed by atoms with Crippen LogP contribution in [0.3, 0.4) is 0 Å². The Kier molecular flexibility index (Phi) is 4.29. The Morgan fingerprint density at radius 1 is 1.00 bits per heavy atom. The van der Waals surface area contributed by atoms with Crippen LogP contribution < -0.4 is 5.32 Å². The standard InChI is InChI=1S/C21H22N4O/c1-14-11-15(2)13-17(12-14)21(26)22-18-8-6-16(7-9-18)20-24-23-19-5-3-4-10-25(19)20/h6-9,11-13H,3-5,10H2,1-2H3,(H,22,26). The van der Waals surface area contributed by atoms with Gasteiger partial charge in [0.25, 0.3) is 5.91 Å². The summed E-state index contributed by atoms with van der Waals surface area (Å²) in [6, 6.07) is 13.7. The smallest absolute Gasteiger partial charge is 0.255 e. The Bertz CT molecular complexity index is 936. The number of anilines is 1. The minimum Gasteiger partial charge on any atom is -0.322 e. The molecule has 0 spiro atoms. The van der Waals surface area contributed by atoms with Crippen LogP contribution in [0, 0.1) is 13.8 Å². The van der Waals surface area contributed by atoms with Gasteiger partial charge >= 0.3 is 0 Å². The summed E-state index contributed by atoms with van der Waals surface area (Å²) in [4.78, 5) is 12.5. The van der Waals surface area contributed by atoms with Crippen molar-refractivity contribution in [2.75, 3.05) is 5.32 Å². The second-order valence-corrected chi connectivity index (χ2v) is 6.96. The average molecular weight is 346 g/mol. The summed E-state index contributed by atoms with van der Waals surface area (Å²) in [5.74, 6) is 1.88. The van der Waals surface area contributed by atoms with E-state index in [0.29, 0.717) is 5.56 Å². The summed E-state index contributed by atoms with van der Waals surface area (Å²) in [6.07, 6.45) is 3.35. The van der Waals surface area contributed by atoms with Gasteiger partial charge in [-0.1, -0.05) is 17.2 Å². The summed E-state index contributed by atoms with van der Waals surface area (Å²) in [6.45, 7) is 4.97. The van der Waals surface area contributed by atoms with E-state index in [-0.39, 0.29) is 5.91 Å². The van der Waals surface area contributed by atoms with E-state index in [2.05, 4.69) is 26.1 Å². The number of carbonyl (C=O) groups is 1. The molecular formula is C21H22N4O. The van der Waals surface area contributed by atoms with Gasteiger partial charge in [-0.2, -0.15) is 0 Å². The lowest BCUT2D eigenvalue weighted by molar-refractivity contribution is 0.102. The predicted octanol–water partition coefficient (Wildman–Crippen LogP) is 4.15. The van der Waals surface area contributed by atoms with Crippen LogP contribution in [0.2, 0.25) is 0 Å². The third-order valence-corrected chi connectivity index (χ3v) is 4.74. The second-order valence-electron chi connectivity index (χ2n) is 6.96. The summed E-state index contributed by atoms with van der Waals surface area (Å²) >= 11 is 0. The highest BCUT2D eigenvalue weighted by Gasteiger charge is 2.17. The maximum atomic E-state index is 12.5. The molecule has 5 nitrogen and oxygen atoms in total. The SMILES string of the molecule is Cc1cc(C)cc(C(=O)Nc2ccc(-c3nnc4n3CCCC4)cc2)c1. The topological polar surface area (TPSA) is 59.8 Å². The maximum absolute atomic E-state index is 12.5. The molecule has 2 heterocycles. The molecule has 0 saturated heterocycles. The van der Waals surface area contributed by atoms with E-state index in [9.17, 15) is 4.79 Å². The number of nitrogens with one attached hydrogen (secondary N) is 1. The number of rotatable bonds is 3. The van der Waals surface area contributed by atoms with E-state index in [0.717, 1.165) is 47.0 Å². The Hall–Kier alpha value is -2.95. The molecule has 4 rings (SSSR count). The number of amides is 1. The number of hydrogen-bond donors (Lipinski definition) is 1. The fraction of sp³-hybridized carbons (Fsp3) is 0.286. The zero-order valence-corrected chi connectivity index (χ0v) is 15.1. The molecule has 0 saturated carbocycles. The number of nitrogens with zero attached hydrogens (tertiary/aromatic N) is 3. The van der Waals surface area contributed by atoms with Gasteiger partial charge in [-0.3, -0.25) is 4.79 Å². The zero-order chi connectivity index (χ0) is 18.1. The zero-order valence-electron chi connectivity index (χ0n) is 15.1. The lowest BCUT2D eigenvalue weighted by atomic mass is 10.1. The first-order valence-electron chi connectivity index (χ1n) is 9.02. The van der Waals surface area contributed by atoms with Gasteiger partial charge in [-0.05, 0) is 63.1 Å². The highest BCUT2D eigenvalue weighted by atomic mass is 16.1. The Labute approximate surface area is 153 Å². The van der Waals surface area contributed by atoms with Crippen LogP contribution in [0.5, 0.6) is 0 Å². The van der Waals surface area contributed by atoms with Gasteiger partial charge in [-0.25, -0.2) is 0 Å². The first-order chi connectivity index (χ1) is 12.6. The summed E-state index contributed by atoms with van der Waals surface area (Å²) in [7, 11) is 0. The summed E-state index contributed by atoms with van der Waals surface area (Å²) in [5, 5.41) is 11.6. The first kappa shape index (κ1) is 16.5. The van der Waals surface area contributed by atoms with E-state index in [4.69, 9.17) is 0 Å². The van der Waals surface area contributed by atoms with E-state index in [1.54, 1.807) is 0 Å². The molecule has 1 aromatic heterocycles. The fourth-order valence-corrected chi connectivity index (χ4v) is 3.53. The van der Waals surface area contributed by atoms with Gasteiger partial charge < -0.3 is 9.88 Å². The van der Waals surface area contributed by atoms with Gasteiger partial charge in [0.05, 0.1) is 0 Å². The molecule has 132 valence electrons. The minimum absolute atomic E-state index is 0.0931. The molecule has 1 aliphatic heterocycles. The van der Waals surface area contributed by atoms with Crippen molar-refractivity contribution in [3.63, 3.8) is 0 Å². The predicted molar refractivity (Wildman–Crippen MR) is 102 cm³/mol. The number of aromatic nitrogens is 3. The molecule has 5 heteroatoms. The van der Waals surface area contributed by atoms with E-state index >= 15 is 0 Å². The third kappa shape index (κ3) is 3.25. The Morgan fingerprint density at radius 3 is 2.46 bits per heavy atom. The van der Waals surface area contributed by atoms with Crippen LogP contribution in [0.15, 0.2) is 42.5 Å². The van der Waals surface area contributed by atoms with Crippen molar-refractivity contribution < 1.29 is 4.79 Å². The lowest BCUT2D eigenvalue weighted by Crippen LogP contribution is -2.12. The molecular weight excluding hydrogens is 324 g/mol. The fourth-order valence-electron chi connectivity index (χ4n) is 3.53. The molecule has 1 aliphatic rings. The van der Waals surface area contributed by atoms with Crippen molar-refractivity contribution in [1.29, 1.82) is 0 Å². The number of carbonyl (C=O) groups excluding carboxylic acids is 1. The van der Waals surface area contributed by atoms with Crippen molar-refractivity contribution in [2.45, 2.75) is 39.7 Å². The normalized spacial score (nSPS) is 13.3. The molecule has 0 bridgehead atoms. The van der Waals surface area contributed by atoms with Crippen LogP contribution in [0.1, 0.15) is 40.2 Å². The van der Waals surface area contributed by atoms with Crippen molar-refractivity contribution >= 4 is 11.6 Å². The molecule has 1 amide bonds. The van der Waals surface area contributed by atoms with Crippen molar-refractivity contribution in [1.82, 2.24) is 14.8 Å².